The van der Waals surface area contributed by atoms with Crippen molar-refractivity contribution in [2.45, 2.75) is 26.3 Å². The Morgan fingerprint density at radius 3 is 2.84 bits per heavy atom. The first-order chi connectivity index (χ1) is 9.31. The van der Waals surface area contributed by atoms with E-state index in [1.54, 1.807) is 0 Å². The van der Waals surface area contributed by atoms with E-state index in [0.29, 0.717) is 6.61 Å². The maximum absolute atomic E-state index is 5.73. The number of nitrogens with one attached hydrogen (secondary N) is 1. The maximum Gasteiger partial charge on any atom is 0.124 e. The molecule has 3 N–H and O–H groups in total. The van der Waals surface area contributed by atoms with Gasteiger partial charge in [0.1, 0.15) is 5.75 Å². The van der Waals surface area contributed by atoms with Crippen molar-refractivity contribution in [2.24, 2.45) is 5.84 Å². The zero-order chi connectivity index (χ0) is 13.7. The van der Waals surface area contributed by atoms with Gasteiger partial charge in [0.15, 0.2) is 0 Å². The number of rotatable bonds is 6. The van der Waals surface area contributed by atoms with Crippen LogP contribution in [0.4, 0.5) is 0 Å². The van der Waals surface area contributed by atoms with Gasteiger partial charge >= 0.3 is 0 Å². The van der Waals surface area contributed by atoms with Crippen molar-refractivity contribution in [1.82, 2.24) is 15.0 Å². The van der Waals surface area contributed by atoms with Gasteiger partial charge in [0, 0.05) is 5.56 Å². The van der Waals surface area contributed by atoms with E-state index >= 15 is 0 Å². The van der Waals surface area contributed by atoms with Crippen LogP contribution in [0.5, 0.6) is 5.75 Å². The second-order valence-corrected chi connectivity index (χ2v) is 4.79. The van der Waals surface area contributed by atoms with Gasteiger partial charge in [-0.1, -0.05) is 29.6 Å². The Balaban J connectivity index is 2.42. The average molecular weight is 278 g/mol. The number of aromatic nitrogens is 2. The van der Waals surface area contributed by atoms with E-state index < -0.39 is 0 Å². The van der Waals surface area contributed by atoms with Crippen molar-refractivity contribution in [3.63, 3.8) is 0 Å². The minimum absolute atomic E-state index is 0.141. The highest BCUT2D eigenvalue weighted by atomic mass is 32.1. The van der Waals surface area contributed by atoms with Crippen LogP contribution < -0.4 is 16.0 Å². The van der Waals surface area contributed by atoms with E-state index in [1.807, 2.05) is 31.2 Å². The molecular weight excluding hydrogens is 260 g/mol. The minimum Gasteiger partial charge on any atom is -0.494 e. The molecule has 6 heteroatoms. The summed E-state index contributed by atoms with van der Waals surface area (Å²) in [7, 11) is 0. The van der Waals surface area contributed by atoms with Gasteiger partial charge in [-0.2, -0.15) is 0 Å². The Morgan fingerprint density at radius 2 is 2.16 bits per heavy atom. The number of para-hydroxylation sites is 1. The molecule has 0 saturated heterocycles. The van der Waals surface area contributed by atoms with Crippen LogP contribution in [0, 0.1) is 0 Å². The van der Waals surface area contributed by atoms with Gasteiger partial charge in [0.2, 0.25) is 0 Å². The predicted octanol–water partition coefficient (Wildman–Crippen LogP) is 2.05. The van der Waals surface area contributed by atoms with Crippen molar-refractivity contribution < 1.29 is 4.74 Å². The highest BCUT2D eigenvalue weighted by molar-refractivity contribution is 7.05. The lowest BCUT2D eigenvalue weighted by atomic mass is 10.0. The van der Waals surface area contributed by atoms with Crippen molar-refractivity contribution in [3.8, 4) is 5.75 Å². The summed E-state index contributed by atoms with van der Waals surface area (Å²) in [4.78, 5) is 1.04. The number of nitrogens with zero attached hydrogens (tertiary/aromatic N) is 2. The summed E-state index contributed by atoms with van der Waals surface area (Å²) in [6, 6.07) is 7.74. The highest BCUT2D eigenvalue weighted by Crippen LogP contribution is 2.32. The van der Waals surface area contributed by atoms with Crippen LogP contribution in [0.15, 0.2) is 24.3 Å². The smallest absolute Gasteiger partial charge is 0.124 e. The van der Waals surface area contributed by atoms with Crippen LogP contribution in [-0.4, -0.2) is 16.2 Å². The first kappa shape index (κ1) is 13.9. The molecule has 0 saturated carbocycles. The Kier molecular flexibility index (Phi) is 4.84. The first-order valence-electron chi connectivity index (χ1n) is 6.30. The third-order valence-electron chi connectivity index (χ3n) is 2.88. The van der Waals surface area contributed by atoms with Gasteiger partial charge in [0.05, 0.1) is 23.2 Å². The molecule has 0 bridgehead atoms. The van der Waals surface area contributed by atoms with E-state index in [9.17, 15) is 0 Å². The lowest BCUT2D eigenvalue weighted by Gasteiger charge is -2.18. The normalized spacial score (nSPS) is 12.4. The molecule has 5 nitrogen and oxygen atoms in total. The third-order valence-corrected chi connectivity index (χ3v) is 3.71. The summed E-state index contributed by atoms with van der Waals surface area (Å²) < 4.78 is 9.68. The molecule has 0 aliphatic heterocycles. The van der Waals surface area contributed by atoms with Crippen LogP contribution in [0.25, 0.3) is 0 Å². The lowest BCUT2D eigenvalue weighted by Crippen LogP contribution is -2.29. The number of hydrogen-bond donors (Lipinski definition) is 2. The van der Waals surface area contributed by atoms with E-state index in [-0.39, 0.29) is 6.04 Å². The fraction of sp³-hybridized carbons (Fsp3) is 0.385. The van der Waals surface area contributed by atoms with Crippen LogP contribution >= 0.6 is 11.5 Å². The Labute approximate surface area is 116 Å². The van der Waals surface area contributed by atoms with Gasteiger partial charge in [-0.15, -0.1) is 5.10 Å². The van der Waals surface area contributed by atoms with Crippen LogP contribution in [0.3, 0.4) is 0 Å². The highest BCUT2D eigenvalue weighted by Gasteiger charge is 2.22. The first-order valence-corrected chi connectivity index (χ1v) is 7.08. The number of benzene rings is 1. The van der Waals surface area contributed by atoms with Gasteiger partial charge in [-0.05, 0) is 30.9 Å². The predicted molar refractivity (Wildman–Crippen MR) is 76.1 cm³/mol. The molecule has 0 aliphatic carbocycles. The zero-order valence-corrected chi connectivity index (χ0v) is 11.9. The Morgan fingerprint density at radius 1 is 1.37 bits per heavy atom. The quantitative estimate of drug-likeness (QED) is 0.625. The van der Waals surface area contributed by atoms with Crippen molar-refractivity contribution in [3.05, 3.63) is 40.4 Å². The summed E-state index contributed by atoms with van der Waals surface area (Å²) >= 11 is 1.37. The van der Waals surface area contributed by atoms with Crippen LogP contribution in [0.1, 0.15) is 36.0 Å². The summed E-state index contributed by atoms with van der Waals surface area (Å²) in [5, 5.41) is 4.14. The van der Waals surface area contributed by atoms with Gasteiger partial charge in [0.25, 0.3) is 0 Å². The molecule has 0 aliphatic rings. The lowest BCUT2D eigenvalue weighted by molar-refractivity contribution is 0.333. The molecule has 0 amide bonds. The number of hydrogen-bond acceptors (Lipinski definition) is 6. The summed E-state index contributed by atoms with van der Waals surface area (Å²) in [5.41, 5.74) is 4.82. The summed E-state index contributed by atoms with van der Waals surface area (Å²) in [6.45, 7) is 4.64. The van der Waals surface area contributed by atoms with Gasteiger partial charge in [-0.3, -0.25) is 5.84 Å². The third kappa shape index (κ3) is 2.91. The summed E-state index contributed by atoms with van der Waals surface area (Å²) in [5.74, 6) is 6.57. The Bertz CT molecular complexity index is 529. The molecule has 1 aromatic heterocycles. The summed E-state index contributed by atoms with van der Waals surface area (Å²) in [6.07, 6.45) is 0.834. The number of hydrazine groups is 1. The molecule has 1 atom stereocenters. The fourth-order valence-corrected chi connectivity index (χ4v) is 2.81. The number of ether oxygens (including phenoxy) is 1. The van der Waals surface area contributed by atoms with Crippen molar-refractivity contribution in [1.29, 1.82) is 0 Å². The molecule has 0 radical (unpaired) electrons. The van der Waals surface area contributed by atoms with Crippen LogP contribution in [-0.2, 0) is 6.42 Å². The topological polar surface area (TPSA) is 73.1 Å². The molecule has 0 fully saturated rings. The zero-order valence-electron chi connectivity index (χ0n) is 11.1. The molecule has 2 rings (SSSR count). The second kappa shape index (κ2) is 6.60. The molecule has 1 heterocycles. The van der Waals surface area contributed by atoms with E-state index in [0.717, 1.165) is 28.3 Å². The fourth-order valence-electron chi connectivity index (χ4n) is 1.99. The number of aryl methyl sites for hydroxylation is 1. The number of nitrogens with two attached hydrogens (primary N) is 1. The SMILES string of the molecule is CCOc1ccccc1C(NN)c1snnc1CC. The van der Waals surface area contributed by atoms with Gasteiger partial charge in [-0.25, -0.2) is 5.43 Å². The van der Waals surface area contributed by atoms with Crippen molar-refractivity contribution in [2.75, 3.05) is 6.61 Å². The maximum atomic E-state index is 5.73. The van der Waals surface area contributed by atoms with Crippen LogP contribution in [0.2, 0.25) is 0 Å². The van der Waals surface area contributed by atoms with E-state index in [1.165, 1.54) is 11.5 Å². The monoisotopic (exact) mass is 278 g/mol. The van der Waals surface area contributed by atoms with Gasteiger partial charge < -0.3 is 4.74 Å². The minimum atomic E-state index is -0.141. The second-order valence-electron chi connectivity index (χ2n) is 4.01. The molecule has 1 aromatic carbocycles. The molecule has 19 heavy (non-hydrogen) atoms. The largest absolute Gasteiger partial charge is 0.494 e. The molecule has 102 valence electrons. The standard InChI is InChI=1S/C13H18N4OS/c1-3-10-13(19-17-16-10)12(15-14)9-7-5-6-8-11(9)18-4-2/h5-8,12,15H,3-4,14H2,1-2H3. The van der Waals surface area contributed by atoms with E-state index in [4.69, 9.17) is 10.6 Å². The molecule has 0 spiro atoms. The average Bonchev–Trinajstić information content (AvgIpc) is 2.90. The molecule has 1 unspecified atom stereocenters. The molecule has 2 aromatic rings. The Hall–Kier alpha value is -1.50. The van der Waals surface area contributed by atoms with E-state index in [2.05, 4.69) is 21.9 Å². The molecular formula is C13H18N4OS. The van der Waals surface area contributed by atoms with Crippen molar-refractivity contribution >= 4 is 11.5 Å².